The Bertz CT molecular complexity index is 990. The zero-order valence-corrected chi connectivity index (χ0v) is 18.4. The van der Waals surface area contributed by atoms with E-state index >= 15 is 0 Å². The number of ether oxygens (including phenoxy) is 2. The number of hydrogen-bond donors (Lipinski definition) is 2. The van der Waals surface area contributed by atoms with Crippen LogP contribution in [0, 0.1) is 6.92 Å². The fraction of sp³-hybridized carbons (Fsp3) is 0.280. The second-order valence-corrected chi connectivity index (χ2v) is 7.08. The second kappa shape index (κ2) is 11.6. The van der Waals surface area contributed by atoms with Gasteiger partial charge in [0.05, 0.1) is 12.3 Å². The highest BCUT2D eigenvalue weighted by molar-refractivity contribution is 5.79. The van der Waals surface area contributed by atoms with Crippen LogP contribution in [0.3, 0.4) is 0 Å². The van der Waals surface area contributed by atoms with Crippen molar-refractivity contribution in [3.05, 3.63) is 89.2 Å². The van der Waals surface area contributed by atoms with E-state index in [0.717, 1.165) is 34.3 Å². The molecule has 3 rings (SSSR count). The van der Waals surface area contributed by atoms with E-state index < -0.39 is 0 Å². The standard InChI is InChI=1S/C25H30N4O2/c1-4-30-24-14-19(2)11-12-21(24)17-29-25(26-3)28-16-20-8-7-10-23(15-20)31-18-22-9-5-6-13-27-22/h5-15H,4,16-18H2,1-3H3,(H2,26,28,29). The summed E-state index contributed by atoms with van der Waals surface area (Å²) in [6.07, 6.45) is 1.77. The summed E-state index contributed by atoms with van der Waals surface area (Å²) in [4.78, 5) is 8.61. The van der Waals surface area contributed by atoms with E-state index in [9.17, 15) is 0 Å². The van der Waals surface area contributed by atoms with Gasteiger partial charge in [-0.2, -0.15) is 0 Å². The number of hydrogen-bond acceptors (Lipinski definition) is 4. The van der Waals surface area contributed by atoms with Crippen LogP contribution in [-0.2, 0) is 19.7 Å². The average Bonchev–Trinajstić information content (AvgIpc) is 2.80. The fourth-order valence-corrected chi connectivity index (χ4v) is 3.07. The highest BCUT2D eigenvalue weighted by Crippen LogP contribution is 2.20. The van der Waals surface area contributed by atoms with Crippen LogP contribution < -0.4 is 20.1 Å². The molecule has 0 saturated heterocycles. The van der Waals surface area contributed by atoms with Crippen LogP contribution in [0.5, 0.6) is 11.5 Å². The minimum Gasteiger partial charge on any atom is -0.494 e. The average molecular weight is 419 g/mol. The topological polar surface area (TPSA) is 67.8 Å². The molecular weight excluding hydrogens is 388 g/mol. The third-order valence-electron chi connectivity index (χ3n) is 4.66. The first-order valence-electron chi connectivity index (χ1n) is 10.5. The van der Waals surface area contributed by atoms with Crippen molar-refractivity contribution in [2.75, 3.05) is 13.7 Å². The van der Waals surface area contributed by atoms with Crippen LogP contribution in [0.1, 0.15) is 29.3 Å². The molecule has 31 heavy (non-hydrogen) atoms. The van der Waals surface area contributed by atoms with E-state index in [-0.39, 0.29) is 0 Å². The molecule has 3 aromatic rings. The number of nitrogens with one attached hydrogen (secondary N) is 2. The summed E-state index contributed by atoms with van der Waals surface area (Å²) in [5, 5.41) is 6.70. The third kappa shape index (κ3) is 7.03. The van der Waals surface area contributed by atoms with Crippen molar-refractivity contribution in [1.29, 1.82) is 0 Å². The van der Waals surface area contributed by atoms with Gasteiger partial charge in [-0.3, -0.25) is 9.98 Å². The SMILES string of the molecule is CCOc1cc(C)ccc1CNC(=NC)NCc1cccc(OCc2ccccn2)c1. The van der Waals surface area contributed by atoms with Gasteiger partial charge in [0.25, 0.3) is 0 Å². The van der Waals surface area contributed by atoms with E-state index in [1.807, 2.05) is 43.3 Å². The lowest BCUT2D eigenvalue weighted by atomic mass is 10.1. The summed E-state index contributed by atoms with van der Waals surface area (Å²) in [6.45, 7) is 6.40. The molecule has 0 amide bonds. The van der Waals surface area contributed by atoms with E-state index in [0.29, 0.717) is 26.3 Å². The van der Waals surface area contributed by atoms with E-state index in [1.54, 1.807) is 13.2 Å². The van der Waals surface area contributed by atoms with Crippen molar-refractivity contribution in [3.63, 3.8) is 0 Å². The van der Waals surface area contributed by atoms with Crippen molar-refractivity contribution in [2.24, 2.45) is 4.99 Å². The summed E-state index contributed by atoms with van der Waals surface area (Å²) < 4.78 is 11.6. The minimum atomic E-state index is 0.444. The Balaban J connectivity index is 1.53. The first kappa shape index (κ1) is 22.2. The van der Waals surface area contributed by atoms with E-state index in [2.05, 4.69) is 51.8 Å². The Kier molecular flexibility index (Phi) is 8.29. The summed E-state index contributed by atoms with van der Waals surface area (Å²) in [5.74, 6) is 2.44. The molecule has 0 aliphatic heterocycles. The number of guanidine groups is 1. The lowest BCUT2D eigenvalue weighted by Gasteiger charge is -2.15. The maximum Gasteiger partial charge on any atom is 0.191 e. The first-order valence-corrected chi connectivity index (χ1v) is 10.5. The van der Waals surface area contributed by atoms with Crippen LogP contribution >= 0.6 is 0 Å². The molecule has 6 nitrogen and oxygen atoms in total. The van der Waals surface area contributed by atoms with Crippen molar-refractivity contribution in [3.8, 4) is 11.5 Å². The van der Waals surface area contributed by atoms with Gasteiger partial charge in [0, 0.05) is 31.9 Å². The number of nitrogens with zero attached hydrogens (tertiary/aromatic N) is 2. The maximum atomic E-state index is 5.87. The molecule has 0 saturated carbocycles. The van der Waals surface area contributed by atoms with Gasteiger partial charge in [-0.05, 0) is 55.3 Å². The second-order valence-electron chi connectivity index (χ2n) is 7.08. The molecule has 0 radical (unpaired) electrons. The molecule has 0 bridgehead atoms. The maximum absolute atomic E-state index is 5.87. The summed E-state index contributed by atoms with van der Waals surface area (Å²) in [5.41, 5.74) is 4.28. The molecule has 0 aliphatic rings. The summed E-state index contributed by atoms with van der Waals surface area (Å²) in [6, 6.07) is 20.1. The Morgan fingerprint density at radius 2 is 1.84 bits per heavy atom. The molecule has 1 aromatic heterocycles. The number of pyridine rings is 1. The Morgan fingerprint density at radius 1 is 0.968 bits per heavy atom. The summed E-state index contributed by atoms with van der Waals surface area (Å²) in [7, 11) is 1.76. The largest absolute Gasteiger partial charge is 0.494 e. The van der Waals surface area contributed by atoms with E-state index in [4.69, 9.17) is 9.47 Å². The zero-order valence-electron chi connectivity index (χ0n) is 18.4. The van der Waals surface area contributed by atoms with E-state index in [1.165, 1.54) is 5.56 Å². The van der Waals surface area contributed by atoms with Gasteiger partial charge >= 0.3 is 0 Å². The van der Waals surface area contributed by atoms with Crippen LogP contribution in [-0.4, -0.2) is 24.6 Å². The van der Waals surface area contributed by atoms with Gasteiger partial charge in [0.2, 0.25) is 0 Å². The predicted molar refractivity (Wildman–Crippen MR) is 124 cm³/mol. The molecule has 1 heterocycles. The molecular formula is C25H30N4O2. The molecule has 6 heteroatoms. The van der Waals surface area contributed by atoms with Crippen molar-refractivity contribution >= 4 is 5.96 Å². The number of rotatable bonds is 9. The minimum absolute atomic E-state index is 0.444. The molecule has 0 atom stereocenters. The number of aryl methyl sites for hydroxylation is 1. The predicted octanol–water partition coefficient (Wildman–Crippen LogP) is 4.23. The Hall–Kier alpha value is -3.54. The Morgan fingerprint density at radius 3 is 2.61 bits per heavy atom. The third-order valence-corrected chi connectivity index (χ3v) is 4.66. The Labute approximate surface area is 184 Å². The lowest BCUT2D eigenvalue weighted by molar-refractivity contribution is 0.301. The fourth-order valence-electron chi connectivity index (χ4n) is 3.07. The number of aliphatic imine (C=N–C) groups is 1. The summed E-state index contributed by atoms with van der Waals surface area (Å²) >= 11 is 0. The monoisotopic (exact) mass is 418 g/mol. The highest BCUT2D eigenvalue weighted by Gasteiger charge is 2.06. The van der Waals surface area contributed by atoms with Crippen LogP contribution in [0.15, 0.2) is 71.9 Å². The molecule has 162 valence electrons. The van der Waals surface area contributed by atoms with Crippen LogP contribution in [0.4, 0.5) is 0 Å². The number of aromatic nitrogens is 1. The van der Waals surface area contributed by atoms with Crippen LogP contribution in [0.2, 0.25) is 0 Å². The highest BCUT2D eigenvalue weighted by atomic mass is 16.5. The normalized spacial score (nSPS) is 11.1. The molecule has 2 N–H and O–H groups in total. The van der Waals surface area contributed by atoms with Crippen molar-refractivity contribution in [2.45, 2.75) is 33.5 Å². The van der Waals surface area contributed by atoms with Crippen LogP contribution in [0.25, 0.3) is 0 Å². The lowest BCUT2D eigenvalue weighted by Crippen LogP contribution is -2.36. The van der Waals surface area contributed by atoms with Gasteiger partial charge < -0.3 is 20.1 Å². The first-order chi connectivity index (χ1) is 15.2. The molecule has 0 aliphatic carbocycles. The van der Waals surface area contributed by atoms with Gasteiger partial charge in [0.15, 0.2) is 5.96 Å². The molecule has 0 fully saturated rings. The van der Waals surface area contributed by atoms with Gasteiger partial charge in [-0.25, -0.2) is 0 Å². The van der Waals surface area contributed by atoms with Crippen molar-refractivity contribution < 1.29 is 9.47 Å². The molecule has 0 spiro atoms. The molecule has 2 aromatic carbocycles. The van der Waals surface area contributed by atoms with Crippen molar-refractivity contribution in [1.82, 2.24) is 15.6 Å². The number of benzene rings is 2. The smallest absolute Gasteiger partial charge is 0.191 e. The molecule has 0 unspecified atom stereocenters. The van der Waals surface area contributed by atoms with Gasteiger partial charge in [-0.1, -0.05) is 30.3 Å². The van der Waals surface area contributed by atoms with Gasteiger partial charge in [0.1, 0.15) is 18.1 Å². The zero-order chi connectivity index (χ0) is 21.9. The van der Waals surface area contributed by atoms with Gasteiger partial charge in [-0.15, -0.1) is 0 Å². The quantitative estimate of drug-likeness (QED) is 0.402.